The van der Waals surface area contributed by atoms with E-state index in [1.54, 1.807) is 0 Å². The molecule has 1 aromatic carbocycles. The number of fused-ring (bicyclic) bond motifs is 4. The van der Waals surface area contributed by atoms with Crippen molar-refractivity contribution in [3.63, 3.8) is 0 Å². The maximum Gasteiger partial charge on any atom is -0.00194 e. The molecule has 15 heavy (non-hydrogen) atoms. The van der Waals surface area contributed by atoms with E-state index in [9.17, 15) is 0 Å². The molecule has 0 atom stereocenters. The summed E-state index contributed by atoms with van der Waals surface area (Å²) < 4.78 is 0. The molecule has 3 rings (SSSR count). The summed E-state index contributed by atoms with van der Waals surface area (Å²) in [5.41, 5.74) is 5.53. The predicted molar refractivity (Wildman–Crippen MR) is 65.3 cm³/mol. The van der Waals surface area contributed by atoms with Crippen molar-refractivity contribution in [3.05, 3.63) is 71.3 Å². The Balaban J connectivity index is 2.27. The summed E-state index contributed by atoms with van der Waals surface area (Å²) in [6.45, 7) is 0. The zero-order valence-electron chi connectivity index (χ0n) is 8.48. The zero-order valence-corrected chi connectivity index (χ0v) is 8.48. The first-order valence-electron chi connectivity index (χ1n) is 5.27. The standard InChI is InChI=1S/C15H12/c1-2-6-12-10-13(7-3-1)15-9-5-4-8-14(15)11-12/h1-9,11H,10H2. The fourth-order valence-corrected chi connectivity index (χ4v) is 2.15. The Morgan fingerprint density at radius 1 is 0.933 bits per heavy atom. The minimum atomic E-state index is 1.05. The molecule has 2 aliphatic carbocycles. The molecule has 0 radical (unpaired) electrons. The van der Waals surface area contributed by atoms with E-state index in [1.165, 1.54) is 22.3 Å². The molecule has 1 aromatic rings. The molecule has 2 bridgehead atoms. The lowest BCUT2D eigenvalue weighted by atomic mass is 9.87. The first-order chi connectivity index (χ1) is 7.43. The van der Waals surface area contributed by atoms with Crippen LogP contribution in [0.3, 0.4) is 0 Å². The summed E-state index contributed by atoms with van der Waals surface area (Å²) in [6, 6.07) is 8.59. The maximum absolute atomic E-state index is 2.28. The Hall–Kier alpha value is -1.82. The molecule has 0 fully saturated rings. The minimum Gasteiger partial charge on any atom is -0.0622 e. The van der Waals surface area contributed by atoms with Crippen molar-refractivity contribution in [2.75, 3.05) is 0 Å². The van der Waals surface area contributed by atoms with E-state index in [2.05, 4.69) is 60.7 Å². The normalized spacial score (nSPS) is 17.3. The molecule has 0 nitrogen and oxygen atoms in total. The topological polar surface area (TPSA) is 0 Å². The van der Waals surface area contributed by atoms with Gasteiger partial charge in [0, 0.05) is 0 Å². The first-order valence-corrected chi connectivity index (χ1v) is 5.27. The summed E-state index contributed by atoms with van der Waals surface area (Å²) in [6.07, 6.45) is 14.0. The summed E-state index contributed by atoms with van der Waals surface area (Å²) >= 11 is 0. The second-order valence-electron chi connectivity index (χ2n) is 3.92. The number of hydrogen-bond acceptors (Lipinski definition) is 0. The minimum absolute atomic E-state index is 1.05. The van der Waals surface area contributed by atoms with Crippen LogP contribution < -0.4 is 0 Å². The summed E-state index contributed by atoms with van der Waals surface area (Å²) in [5.74, 6) is 0. The van der Waals surface area contributed by atoms with E-state index in [0.717, 1.165) is 6.42 Å². The maximum atomic E-state index is 2.28. The van der Waals surface area contributed by atoms with Gasteiger partial charge >= 0.3 is 0 Å². The fourth-order valence-electron chi connectivity index (χ4n) is 2.15. The average Bonchev–Trinajstić information content (AvgIpc) is 2.25. The van der Waals surface area contributed by atoms with Crippen molar-refractivity contribution in [1.29, 1.82) is 0 Å². The van der Waals surface area contributed by atoms with Gasteiger partial charge in [-0.15, -0.1) is 0 Å². The third-order valence-corrected chi connectivity index (χ3v) is 2.87. The fraction of sp³-hybridized carbons (Fsp3) is 0.0667. The van der Waals surface area contributed by atoms with Crippen molar-refractivity contribution in [2.45, 2.75) is 6.42 Å². The molecule has 0 amide bonds. The van der Waals surface area contributed by atoms with Gasteiger partial charge in [0.15, 0.2) is 0 Å². The van der Waals surface area contributed by atoms with Crippen LogP contribution in [-0.2, 0) is 0 Å². The molecule has 0 saturated heterocycles. The number of hydrogen-bond donors (Lipinski definition) is 0. The van der Waals surface area contributed by atoms with Crippen molar-refractivity contribution in [2.24, 2.45) is 0 Å². The summed E-state index contributed by atoms with van der Waals surface area (Å²) in [5, 5.41) is 0. The lowest BCUT2D eigenvalue weighted by molar-refractivity contribution is 1.27. The molecule has 0 aliphatic heterocycles. The average molecular weight is 192 g/mol. The van der Waals surface area contributed by atoms with Gasteiger partial charge in [0.25, 0.3) is 0 Å². The lowest BCUT2D eigenvalue weighted by Gasteiger charge is -2.18. The molecule has 0 aromatic heterocycles. The van der Waals surface area contributed by atoms with E-state index >= 15 is 0 Å². The monoisotopic (exact) mass is 192 g/mol. The van der Waals surface area contributed by atoms with Crippen LogP contribution >= 0.6 is 0 Å². The summed E-state index contributed by atoms with van der Waals surface area (Å²) in [4.78, 5) is 0. The van der Waals surface area contributed by atoms with Gasteiger partial charge in [0.2, 0.25) is 0 Å². The molecule has 0 N–H and O–H groups in total. The molecule has 2 aliphatic rings. The Bertz CT molecular complexity index is 511. The Labute approximate surface area is 89.9 Å². The van der Waals surface area contributed by atoms with E-state index in [4.69, 9.17) is 0 Å². The van der Waals surface area contributed by atoms with Crippen LogP contribution in [0.25, 0.3) is 11.6 Å². The molecule has 0 spiro atoms. The van der Waals surface area contributed by atoms with Gasteiger partial charge in [0.1, 0.15) is 0 Å². The number of benzene rings is 1. The summed E-state index contributed by atoms with van der Waals surface area (Å²) in [7, 11) is 0. The van der Waals surface area contributed by atoms with Gasteiger partial charge < -0.3 is 0 Å². The molecule has 0 heteroatoms. The van der Waals surface area contributed by atoms with Crippen LogP contribution in [0.2, 0.25) is 0 Å². The zero-order chi connectivity index (χ0) is 10.1. The first kappa shape index (κ1) is 8.49. The Morgan fingerprint density at radius 2 is 1.87 bits per heavy atom. The van der Waals surface area contributed by atoms with Crippen LogP contribution in [-0.4, -0.2) is 0 Å². The second kappa shape index (κ2) is 3.39. The highest BCUT2D eigenvalue weighted by Gasteiger charge is 2.12. The smallest absolute Gasteiger partial charge is 0.00194 e. The molecule has 0 saturated carbocycles. The molecular formula is C15H12. The van der Waals surface area contributed by atoms with Crippen LogP contribution in [0, 0.1) is 0 Å². The predicted octanol–water partition coefficient (Wildman–Crippen LogP) is 3.98. The van der Waals surface area contributed by atoms with Gasteiger partial charge in [-0.3, -0.25) is 0 Å². The van der Waals surface area contributed by atoms with Crippen LogP contribution in [0.15, 0.2) is 60.2 Å². The van der Waals surface area contributed by atoms with Gasteiger partial charge in [-0.2, -0.15) is 0 Å². The van der Waals surface area contributed by atoms with Crippen molar-refractivity contribution in [1.82, 2.24) is 0 Å². The Kier molecular flexibility index (Phi) is 1.92. The third-order valence-electron chi connectivity index (χ3n) is 2.87. The van der Waals surface area contributed by atoms with Gasteiger partial charge in [-0.1, -0.05) is 60.7 Å². The van der Waals surface area contributed by atoms with Gasteiger partial charge in [-0.25, -0.2) is 0 Å². The van der Waals surface area contributed by atoms with Gasteiger partial charge in [0.05, 0.1) is 0 Å². The van der Waals surface area contributed by atoms with Crippen molar-refractivity contribution in [3.8, 4) is 0 Å². The largest absolute Gasteiger partial charge is 0.0622 e. The van der Waals surface area contributed by atoms with E-state index < -0.39 is 0 Å². The Morgan fingerprint density at radius 3 is 2.87 bits per heavy atom. The van der Waals surface area contributed by atoms with E-state index in [0.29, 0.717) is 0 Å². The third kappa shape index (κ3) is 1.48. The van der Waals surface area contributed by atoms with Crippen LogP contribution in [0.1, 0.15) is 17.5 Å². The van der Waals surface area contributed by atoms with Crippen LogP contribution in [0.5, 0.6) is 0 Å². The molecule has 72 valence electrons. The van der Waals surface area contributed by atoms with E-state index in [1.807, 2.05) is 0 Å². The lowest BCUT2D eigenvalue weighted by Crippen LogP contribution is -1.97. The number of rotatable bonds is 0. The highest BCUT2D eigenvalue weighted by molar-refractivity contribution is 5.83. The highest BCUT2D eigenvalue weighted by Crippen LogP contribution is 2.33. The molecule has 0 heterocycles. The second-order valence-corrected chi connectivity index (χ2v) is 3.92. The van der Waals surface area contributed by atoms with E-state index in [-0.39, 0.29) is 0 Å². The van der Waals surface area contributed by atoms with Gasteiger partial charge in [-0.05, 0) is 28.7 Å². The van der Waals surface area contributed by atoms with Crippen LogP contribution in [0.4, 0.5) is 0 Å². The number of allylic oxidation sites excluding steroid dienone is 7. The quantitative estimate of drug-likeness (QED) is 0.583. The van der Waals surface area contributed by atoms with Crippen molar-refractivity contribution < 1.29 is 0 Å². The highest BCUT2D eigenvalue weighted by atomic mass is 14.2. The SMILES string of the molecule is C1=CC=C2CC(=Cc3ccccc32)C=C1. The molecular weight excluding hydrogens is 180 g/mol. The van der Waals surface area contributed by atoms with Crippen molar-refractivity contribution >= 4 is 11.6 Å². The molecule has 0 unspecified atom stereocenters.